The molecular weight excluding hydrogens is 420 g/mol. The number of carbonyl (C=O) groups is 2. The maximum Gasteiger partial charge on any atom is 0.415 e. The number of hydrogen-bond donors (Lipinski definition) is 1. The van der Waals surface area contributed by atoms with Crippen molar-refractivity contribution in [3.8, 4) is 5.75 Å². The zero-order valence-electron chi connectivity index (χ0n) is 17.3. The van der Waals surface area contributed by atoms with E-state index in [4.69, 9.17) is 21.8 Å². The van der Waals surface area contributed by atoms with Crippen LogP contribution in [-0.4, -0.2) is 61.9 Å². The predicted molar refractivity (Wildman–Crippen MR) is 116 cm³/mol. The molecule has 10 nitrogen and oxygen atoms in total. The van der Waals surface area contributed by atoms with Gasteiger partial charge in [-0.15, -0.1) is 0 Å². The van der Waals surface area contributed by atoms with Crippen LogP contribution in [-0.2, 0) is 4.79 Å². The Morgan fingerprint density at radius 3 is 2.65 bits per heavy atom. The Kier molecular flexibility index (Phi) is 6.03. The summed E-state index contributed by atoms with van der Waals surface area (Å²) in [4.78, 5) is 42.0. The molecular formula is C20H24N6O4S. The first kappa shape index (κ1) is 21.0. The number of hydrogen-bond acceptors (Lipinski definition) is 7. The second-order valence-electron chi connectivity index (χ2n) is 7.78. The van der Waals surface area contributed by atoms with Crippen molar-refractivity contribution in [2.75, 3.05) is 18.0 Å². The number of pyridine rings is 1. The van der Waals surface area contributed by atoms with E-state index in [9.17, 15) is 9.59 Å². The molecule has 11 heteroatoms. The van der Waals surface area contributed by atoms with Crippen molar-refractivity contribution in [1.82, 2.24) is 24.9 Å². The van der Waals surface area contributed by atoms with Gasteiger partial charge in [-0.25, -0.2) is 19.7 Å². The maximum atomic E-state index is 12.6. The third kappa shape index (κ3) is 4.61. The molecule has 2 aromatic heterocycles. The molecule has 1 N–H and O–H groups in total. The number of imidazole rings is 1. The average molecular weight is 445 g/mol. The third-order valence-corrected chi connectivity index (χ3v) is 5.54. The van der Waals surface area contributed by atoms with Gasteiger partial charge in [0, 0.05) is 32.1 Å². The van der Waals surface area contributed by atoms with Gasteiger partial charge in [0.25, 0.3) is 5.91 Å². The fourth-order valence-electron chi connectivity index (χ4n) is 3.52. The second-order valence-corrected chi connectivity index (χ2v) is 8.17. The summed E-state index contributed by atoms with van der Waals surface area (Å²) < 4.78 is 7.01. The normalized spacial score (nSPS) is 19.6. The summed E-state index contributed by atoms with van der Waals surface area (Å²) in [5.74, 6) is 0.655. The monoisotopic (exact) mass is 444 g/mol. The number of rotatable bonds is 5. The molecule has 2 aromatic rings. The number of aromatic nitrogens is 3. The number of thiocarbonyl (C=S) groups is 1. The summed E-state index contributed by atoms with van der Waals surface area (Å²) in [5.41, 5.74) is 0. The molecule has 4 heterocycles. The van der Waals surface area contributed by atoms with Gasteiger partial charge in [-0.2, -0.15) is 4.73 Å². The van der Waals surface area contributed by atoms with Crippen molar-refractivity contribution < 1.29 is 19.2 Å². The topological polar surface area (TPSA) is 102 Å². The van der Waals surface area contributed by atoms with Crippen molar-refractivity contribution in [1.29, 1.82) is 0 Å². The summed E-state index contributed by atoms with van der Waals surface area (Å²) in [7, 11) is 0. The largest absolute Gasteiger partial charge is 0.415 e. The highest BCUT2D eigenvalue weighted by molar-refractivity contribution is 7.80. The number of likely N-dealkylation sites (tertiary alicyclic amines) is 1. The maximum absolute atomic E-state index is 12.6. The number of anilines is 1. The van der Waals surface area contributed by atoms with Crippen LogP contribution in [0, 0.1) is 5.92 Å². The number of ether oxygens (including phenoxy) is 1. The van der Waals surface area contributed by atoms with Gasteiger partial charge in [0.1, 0.15) is 24.3 Å². The molecule has 31 heavy (non-hydrogen) atoms. The van der Waals surface area contributed by atoms with E-state index in [0.717, 1.165) is 0 Å². The van der Waals surface area contributed by atoms with Gasteiger partial charge in [0.15, 0.2) is 10.9 Å². The van der Waals surface area contributed by atoms with Gasteiger partial charge in [0.05, 0.1) is 12.4 Å². The lowest BCUT2D eigenvalue weighted by molar-refractivity contribution is -0.119. The molecule has 2 fully saturated rings. The van der Waals surface area contributed by atoms with Crippen LogP contribution in [0.5, 0.6) is 5.75 Å². The lowest BCUT2D eigenvalue weighted by atomic mass is 10.1. The van der Waals surface area contributed by atoms with Crippen LogP contribution in [0.1, 0.15) is 26.7 Å². The van der Waals surface area contributed by atoms with Crippen molar-refractivity contribution in [3.63, 3.8) is 0 Å². The van der Waals surface area contributed by atoms with Crippen molar-refractivity contribution in [2.45, 2.75) is 38.8 Å². The zero-order valence-corrected chi connectivity index (χ0v) is 18.1. The van der Waals surface area contributed by atoms with E-state index in [0.29, 0.717) is 42.6 Å². The molecule has 0 aliphatic carbocycles. The van der Waals surface area contributed by atoms with Crippen LogP contribution in [0.4, 0.5) is 10.6 Å². The second kappa shape index (κ2) is 8.88. The molecule has 1 unspecified atom stereocenters. The molecule has 2 saturated heterocycles. The summed E-state index contributed by atoms with van der Waals surface area (Å²) in [6.07, 6.45) is 7.37. The van der Waals surface area contributed by atoms with E-state index in [2.05, 4.69) is 15.3 Å². The van der Waals surface area contributed by atoms with E-state index < -0.39 is 6.09 Å². The van der Waals surface area contributed by atoms with Gasteiger partial charge in [-0.3, -0.25) is 4.79 Å². The number of nitrogens with zero attached hydrogens (tertiary/aromatic N) is 5. The van der Waals surface area contributed by atoms with Crippen LogP contribution in [0.3, 0.4) is 0 Å². The number of piperidine rings is 1. The van der Waals surface area contributed by atoms with Crippen LogP contribution in [0.25, 0.3) is 0 Å². The van der Waals surface area contributed by atoms with E-state index in [1.807, 2.05) is 13.8 Å². The van der Waals surface area contributed by atoms with Crippen molar-refractivity contribution in [3.05, 3.63) is 37.1 Å². The Morgan fingerprint density at radius 1 is 1.29 bits per heavy atom. The molecule has 0 spiro atoms. The van der Waals surface area contributed by atoms with Crippen molar-refractivity contribution >= 4 is 35.1 Å². The van der Waals surface area contributed by atoms with Crippen LogP contribution in [0.15, 0.2) is 37.1 Å². The standard InChI is InChI=1S/C20H24N6O4S/c1-13(2)17-18(27)26(19(31)23-17)16-4-3-15(11-22-16)29-20(28)24-8-5-14(6-9-24)30-25-10-7-21-12-25/h3-4,7,10-14,17H,5-6,8-9H2,1-2H3,(H,23,31). The Labute approximate surface area is 185 Å². The first-order valence-corrected chi connectivity index (χ1v) is 10.6. The smallest absolute Gasteiger partial charge is 0.410 e. The summed E-state index contributed by atoms with van der Waals surface area (Å²) in [6, 6.07) is 2.85. The molecule has 2 aliphatic rings. The minimum Gasteiger partial charge on any atom is -0.410 e. The molecule has 2 amide bonds. The molecule has 0 aromatic carbocycles. The Bertz CT molecular complexity index is 941. The van der Waals surface area contributed by atoms with E-state index in [1.165, 1.54) is 11.1 Å². The quantitative estimate of drug-likeness (QED) is 0.694. The molecule has 2 aliphatic heterocycles. The molecule has 0 radical (unpaired) electrons. The van der Waals surface area contributed by atoms with E-state index in [1.54, 1.807) is 40.5 Å². The number of nitrogens with one attached hydrogen (secondary N) is 1. The predicted octanol–water partition coefficient (Wildman–Crippen LogP) is 1.62. The minimum absolute atomic E-state index is 0.0179. The van der Waals surface area contributed by atoms with Gasteiger partial charge in [-0.05, 0) is 30.3 Å². The average Bonchev–Trinajstić information content (AvgIpc) is 3.37. The number of carbonyl (C=O) groups excluding carboxylic acids is 2. The molecule has 1 atom stereocenters. The molecule has 0 saturated carbocycles. The summed E-state index contributed by atoms with van der Waals surface area (Å²) in [5, 5.41) is 3.34. The lowest BCUT2D eigenvalue weighted by Crippen LogP contribution is -2.44. The SMILES string of the molecule is CC(C)C1NC(=S)N(c2ccc(OC(=O)N3CCC(On4ccnc4)CC3)cn2)C1=O. The first-order chi connectivity index (χ1) is 14.9. The highest BCUT2D eigenvalue weighted by Crippen LogP contribution is 2.23. The Hall–Kier alpha value is -3.21. The van der Waals surface area contributed by atoms with Gasteiger partial charge < -0.3 is 19.8 Å². The highest BCUT2D eigenvalue weighted by Gasteiger charge is 2.38. The van der Waals surface area contributed by atoms with Gasteiger partial charge in [-0.1, -0.05) is 13.8 Å². The third-order valence-electron chi connectivity index (χ3n) is 5.24. The molecule has 164 valence electrons. The highest BCUT2D eigenvalue weighted by atomic mass is 32.1. The fraction of sp³-hybridized carbons (Fsp3) is 0.450. The fourth-order valence-corrected chi connectivity index (χ4v) is 3.83. The van der Waals surface area contributed by atoms with E-state index >= 15 is 0 Å². The van der Waals surface area contributed by atoms with Crippen LogP contribution in [0.2, 0.25) is 0 Å². The molecule has 4 rings (SSSR count). The Balaban J connectivity index is 1.31. The first-order valence-electron chi connectivity index (χ1n) is 10.1. The van der Waals surface area contributed by atoms with Gasteiger partial charge in [0.2, 0.25) is 0 Å². The Morgan fingerprint density at radius 2 is 2.06 bits per heavy atom. The van der Waals surface area contributed by atoms with Gasteiger partial charge >= 0.3 is 6.09 Å². The molecule has 0 bridgehead atoms. The van der Waals surface area contributed by atoms with E-state index in [-0.39, 0.29) is 24.0 Å². The summed E-state index contributed by atoms with van der Waals surface area (Å²) >= 11 is 5.28. The van der Waals surface area contributed by atoms with Crippen molar-refractivity contribution in [2.24, 2.45) is 5.92 Å². The summed E-state index contributed by atoms with van der Waals surface area (Å²) in [6.45, 7) is 4.96. The zero-order chi connectivity index (χ0) is 22.0. The minimum atomic E-state index is -0.440. The number of amides is 2. The van der Waals surface area contributed by atoms with Crippen LogP contribution >= 0.6 is 12.2 Å². The van der Waals surface area contributed by atoms with Crippen LogP contribution < -0.4 is 19.8 Å². The lowest BCUT2D eigenvalue weighted by Gasteiger charge is -2.31.